The van der Waals surface area contributed by atoms with Crippen molar-refractivity contribution in [1.29, 1.82) is 0 Å². The smallest absolute Gasteiger partial charge is 0.216 e. The Bertz CT molecular complexity index is 2450. The molecule has 0 amide bonds. The fourth-order valence-corrected chi connectivity index (χ4v) is 5.16. The van der Waals surface area contributed by atoms with E-state index in [-0.39, 0.29) is 42.3 Å². The van der Waals surface area contributed by atoms with Crippen LogP contribution >= 0.6 is 0 Å². The molecule has 1 radical (unpaired) electrons. The third-order valence-corrected chi connectivity index (χ3v) is 8.58. The van der Waals surface area contributed by atoms with Crippen molar-refractivity contribution < 1.29 is 36.9 Å². The number of hydrogen-bond acceptors (Lipinski definition) is 4. The summed E-state index contributed by atoms with van der Waals surface area (Å²) in [6.07, 6.45) is 3.13. The van der Waals surface area contributed by atoms with Gasteiger partial charge in [0.25, 0.3) is 0 Å². The summed E-state index contributed by atoms with van der Waals surface area (Å²) in [5.74, 6) is 0.464. The van der Waals surface area contributed by atoms with Crippen molar-refractivity contribution in [3.05, 3.63) is 138 Å². The van der Waals surface area contributed by atoms with Gasteiger partial charge in [-0.15, -0.1) is 47.5 Å². The molecule has 239 valence electrons. The van der Waals surface area contributed by atoms with Crippen molar-refractivity contribution >= 4 is 22.1 Å². The standard InChI is InChI=1S/C23H23N2O.C19H16N.Ir/c1-14(2)23(4,5)16-11-12-24-20(13-16)19-8-6-7-17-18-10-9-15(3)25-22(18)26-21(17)19;1-14-8-11-19(20-13-14)17-10-9-15(2)18(12-17)16-6-4-3-5-7-16;/h6-7,9-14H,1-5H3;3-9,11-13H,1-2H3;/q2*-1;/i3D3;1D3,2D3;. The van der Waals surface area contributed by atoms with E-state index in [1.807, 2.05) is 54.7 Å². The quantitative estimate of drug-likeness (QED) is 0.163. The SMILES string of the molecule is [2H]C([2H])([2H])c1ccc(-c2[c-]cc(C([2H])([2H])[2H])c(-c3ccccc3)c2)nc1.[2H]C([2H])([2H])c1ccc2c(n1)oc1c(-c3cc(C(C)(C)C(C)C)ccn3)[c-]ccc12.[Ir]. The molecule has 0 saturated heterocycles. The monoisotopic (exact) mass is 803 g/mol. The number of furan rings is 1. The third-order valence-electron chi connectivity index (χ3n) is 8.58. The second-order valence-corrected chi connectivity index (χ2v) is 12.0. The van der Waals surface area contributed by atoms with E-state index >= 15 is 0 Å². The second-order valence-electron chi connectivity index (χ2n) is 12.0. The summed E-state index contributed by atoms with van der Waals surface area (Å²) in [6, 6.07) is 32.9. The fraction of sp³-hybridized carbons (Fsp3) is 0.214. The first kappa shape index (κ1) is 23.8. The predicted octanol–water partition coefficient (Wildman–Crippen LogP) is 10.9. The topological polar surface area (TPSA) is 51.8 Å². The van der Waals surface area contributed by atoms with Crippen molar-refractivity contribution in [3.8, 4) is 33.6 Å². The van der Waals surface area contributed by atoms with Crippen LogP contribution in [-0.4, -0.2) is 15.0 Å². The Labute approximate surface area is 304 Å². The zero-order valence-corrected chi connectivity index (χ0v) is 28.9. The molecular weight excluding hydrogens is 755 g/mol. The number of benzene rings is 3. The predicted molar refractivity (Wildman–Crippen MR) is 190 cm³/mol. The number of nitrogens with zero attached hydrogens (tertiary/aromatic N) is 3. The minimum absolute atomic E-state index is 0. The number of aromatic nitrogens is 3. The van der Waals surface area contributed by atoms with Crippen LogP contribution in [0.15, 0.2) is 108 Å². The van der Waals surface area contributed by atoms with Gasteiger partial charge in [-0.05, 0) is 71.3 Å². The van der Waals surface area contributed by atoms with Crippen LogP contribution in [0.2, 0.25) is 0 Å². The summed E-state index contributed by atoms with van der Waals surface area (Å²) in [7, 11) is 0. The number of pyridine rings is 3. The maximum atomic E-state index is 7.77. The van der Waals surface area contributed by atoms with Crippen LogP contribution in [0.5, 0.6) is 0 Å². The van der Waals surface area contributed by atoms with Gasteiger partial charge >= 0.3 is 0 Å². The Balaban J connectivity index is 0.000000212. The summed E-state index contributed by atoms with van der Waals surface area (Å²) in [5.41, 5.74) is 6.54. The first-order valence-corrected chi connectivity index (χ1v) is 15.0. The molecule has 0 bridgehead atoms. The number of aryl methyl sites for hydroxylation is 3. The largest absolute Gasteiger partial charge is 0.486 e. The second kappa shape index (κ2) is 14.1. The van der Waals surface area contributed by atoms with E-state index < -0.39 is 20.6 Å². The molecule has 7 rings (SSSR count). The van der Waals surface area contributed by atoms with Crippen LogP contribution < -0.4 is 0 Å². The van der Waals surface area contributed by atoms with Crippen molar-refractivity contribution in [1.82, 2.24) is 15.0 Å². The van der Waals surface area contributed by atoms with E-state index in [1.54, 1.807) is 18.2 Å². The molecule has 0 aliphatic heterocycles. The first-order chi connectivity index (χ1) is 25.7. The van der Waals surface area contributed by atoms with Crippen LogP contribution in [-0.2, 0) is 25.5 Å². The molecule has 0 aliphatic rings. The van der Waals surface area contributed by atoms with E-state index in [9.17, 15) is 0 Å². The summed E-state index contributed by atoms with van der Waals surface area (Å²) < 4.78 is 74.3. The fourth-order valence-electron chi connectivity index (χ4n) is 5.16. The first-order valence-electron chi connectivity index (χ1n) is 19.5. The molecule has 0 unspecified atom stereocenters. The van der Waals surface area contributed by atoms with Gasteiger partial charge in [0.05, 0.1) is 5.58 Å². The number of rotatable bonds is 5. The maximum absolute atomic E-state index is 7.77. The van der Waals surface area contributed by atoms with Crippen LogP contribution in [0.25, 0.3) is 55.7 Å². The molecule has 3 aromatic carbocycles. The molecule has 4 nitrogen and oxygen atoms in total. The molecule has 0 N–H and O–H groups in total. The molecule has 0 aliphatic carbocycles. The Kier molecular flexibility index (Phi) is 7.16. The van der Waals surface area contributed by atoms with Gasteiger partial charge in [0.1, 0.15) is 0 Å². The third kappa shape index (κ3) is 7.12. The minimum atomic E-state index is -2.28. The van der Waals surface area contributed by atoms with Gasteiger partial charge in [-0.3, -0.25) is 0 Å². The molecule has 0 fully saturated rings. The van der Waals surface area contributed by atoms with Crippen molar-refractivity contribution in [2.45, 2.75) is 53.7 Å². The Morgan fingerprint density at radius 2 is 1.68 bits per heavy atom. The minimum Gasteiger partial charge on any atom is -0.486 e. The van der Waals surface area contributed by atoms with Gasteiger partial charge in [0.15, 0.2) is 0 Å². The van der Waals surface area contributed by atoms with Crippen LogP contribution in [0.4, 0.5) is 0 Å². The van der Waals surface area contributed by atoms with E-state index in [0.717, 1.165) is 27.6 Å². The van der Waals surface area contributed by atoms with Gasteiger partial charge in [-0.1, -0.05) is 99.6 Å². The van der Waals surface area contributed by atoms with Crippen molar-refractivity contribution in [3.63, 3.8) is 0 Å². The molecule has 4 heterocycles. The zero-order valence-electron chi connectivity index (χ0n) is 35.5. The Morgan fingerprint density at radius 3 is 2.40 bits per heavy atom. The summed E-state index contributed by atoms with van der Waals surface area (Å²) in [5, 5.41) is 1.65. The Hall–Kier alpha value is -4.44. The van der Waals surface area contributed by atoms with Gasteiger partial charge in [-0.2, -0.15) is 0 Å². The van der Waals surface area contributed by atoms with Gasteiger partial charge < -0.3 is 14.4 Å². The molecule has 0 spiro atoms. The Morgan fingerprint density at radius 1 is 0.830 bits per heavy atom. The van der Waals surface area contributed by atoms with Crippen LogP contribution in [0, 0.1) is 38.6 Å². The van der Waals surface area contributed by atoms with Gasteiger partial charge in [0, 0.05) is 55.9 Å². The summed E-state index contributed by atoms with van der Waals surface area (Å²) in [4.78, 5) is 13.0. The summed E-state index contributed by atoms with van der Waals surface area (Å²) in [6.45, 7) is 2.11. The summed E-state index contributed by atoms with van der Waals surface area (Å²) >= 11 is 0. The van der Waals surface area contributed by atoms with Gasteiger partial charge in [-0.25, -0.2) is 4.98 Å². The molecule has 7 aromatic rings. The van der Waals surface area contributed by atoms with E-state index in [2.05, 4.69) is 60.8 Å². The van der Waals surface area contributed by atoms with E-state index in [4.69, 9.17) is 16.8 Å². The van der Waals surface area contributed by atoms with Crippen molar-refractivity contribution in [2.75, 3.05) is 0 Å². The normalized spacial score (nSPS) is 15.0. The number of hydrogen-bond donors (Lipinski definition) is 0. The van der Waals surface area contributed by atoms with E-state index in [0.29, 0.717) is 34.0 Å². The molecule has 4 aromatic heterocycles. The maximum Gasteiger partial charge on any atom is 0.216 e. The molecule has 47 heavy (non-hydrogen) atoms. The molecular formula is C42H39IrN3O-2. The number of fused-ring (bicyclic) bond motifs is 3. The average Bonchev–Trinajstić information content (AvgIpc) is 3.52. The van der Waals surface area contributed by atoms with Crippen molar-refractivity contribution in [2.24, 2.45) is 5.92 Å². The van der Waals surface area contributed by atoms with Gasteiger partial charge in [0.2, 0.25) is 5.71 Å². The molecule has 0 saturated carbocycles. The molecule has 0 atom stereocenters. The van der Waals surface area contributed by atoms with Crippen LogP contribution in [0.3, 0.4) is 0 Å². The zero-order chi connectivity index (χ0) is 39.9. The molecule has 5 heteroatoms. The van der Waals surface area contributed by atoms with Crippen LogP contribution in [0.1, 0.15) is 62.4 Å². The average molecular weight is 803 g/mol. The van der Waals surface area contributed by atoms with E-state index in [1.165, 1.54) is 30.0 Å².